The van der Waals surface area contributed by atoms with Crippen LogP contribution < -0.4 is 10.9 Å². The molecule has 1 aromatic rings. The lowest BCUT2D eigenvalue weighted by Crippen LogP contribution is -2.48. The van der Waals surface area contributed by atoms with Gasteiger partial charge in [0.25, 0.3) is 5.91 Å². The van der Waals surface area contributed by atoms with Crippen LogP contribution in [0.2, 0.25) is 0 Å². The molecule has 0 fully saturated rings. The fourth-order valence-electron chi connectivity index (χ4n) is 1.14. The van der Waals surface area contributed by atoms with E-state index in [1.807, 2.05) is 6.92 Å². The molecule has 3 N–H and O–H groups in total. The van der Waals surface area contributed by atoms with Gasteiger partial charge in [-0.2, -0.15) is 0 Å². The van der Waals surface area contributed by atoms with Crippen molar-refractivity contribution in [2.75, 3.05) is 6.61 Å². The van der Waals surface area contributed by atoms with Crippen LogP contribution in [0.4, 0.5) is 0 Å². The first-order valence-corrected chi connectivity index (χ1v) is 5.13. The number of amides is 1. The van der Waals surface area contributed by atoms with Gasteiger partial charge in [-0.3, -0.25) is 9.59 Å². The largest absolute Gasteiger partial charge is 0.394 e. The van der Waals surface area contributed by atoms with Crippen LogP contribution in [0.25, 0.3) is 0 Å². The van der Waals surface area contributed by atoms with E-state index in [1.165, 1.54) is 18.3 Å². The standard InChI is InChI=1S/C11H16N2O3/c1-3-11(2,7-14)13-10(16)8-4-5-9(15)12-6-8/h4-6,14H,3,7H2,1-2H3,(H,12,15)(H,13,16). The van der Waals surface area contributed by atoms with E-state index in [0.29, 0.717) is 12.0 Å². The quantitative estimate of drug-likeness (QED) is 0.686. The molecule has 1 amide bonds. The fraction of sp³-hybridized carbons (Fsp3) is 0.455. The van der Waals surface area contributed by atoms with Gasteiger partial charge in [-0.05, 0) is 19.4 Å². The van der Waals surface area contributed by atoms with Gasteiger partial charge in [-0.15, -0.1) is 0 Å². The number of hydrogen-bond acceptors (Lipinski definition) is 3. The minimum atomic E-state index is -0.632. The summed E-state index contributed by atoms with van der Waals surface area (Å²) in [5.41, 5.74) is -0.516. The number of rotatable bonds is 4. The number of aromatic amines is 1. The van der Waals surface area contributed by atoms with Gasteiger partial charge in [-0.1, -0.05) is 6.92 Å². The molecular weight excluding hydrogens is 208 g/mol. The molecule has 0 saturated heterocycles. The Bertz CT molecular complexity index is 401. The Morgan fingerprint density at radius 2 is 2.25 bits per heavy atom. The number of pyridine rings is 1. The zero-order chi connectivity index (χ0) is 12.2. The van der Waals surface area contributed by atoms with E-state index in [1.54, 1.807) is 6.92 Å². The predicted octanol–water partition coefficient (Wildman–Crippen LogP) is 0.266. The summed E-state index contributed by atoms with van der Waals surface area (Å²) in [4.78, 5) is 25.0. The molecule has 1 aromatic heterocycles. The SMILES string of the molecule is CCC(C)(CO)NC(=O)c1ccc(=O)[nH]c1. The monoisotopic (exact) mass is 224 g/mol. The summed E-state index contributed by atoms with van der Waals surface area (Å²) in [5.74, 6) is -0.311. The van der Waals surface area contributed by atoms with E-state index in [-0.39, 0.29) is 18.1 Å². The minimum absolute atomic E-state index is 0.126. The highest BCUT2D eigenvalue weighted by atomic mass is 16.3. The molecule has 1 rings (SSSR count). The summed E-state index contributed by atoms with van der Waals surface area (Å²) >= 11 is 0. The first kappa shape index (κ1) is 12.4. The Morgan fingerprint density at radius 3 is 2.69 bits per heavy atom. The van der Waals surface area contributed by atoms with E-state index in [2.05, 4.69) is 10.3 Å². The summed E-state index contributed by atoms with van der Waals surface area (Å²) in [7, 11) is 0. The van der Waals surface area contributed by atoms with E-state index < -0.39 is 5.54 Å². The number of carbonyl (C=O) groups is 1. The predicted molar refractivity (Wildman–Crippen MR) is 60.3 cm³/mol. The van der Waals surface area contributed by atoms with Crippen LogP contribution in [0.15, 0.2) is 23.1 Å². The average molecular weight is 224 g/mol. The highest BCUT2D eigenvalue weighted by Crippen LogP contribution is 2.08. The van der Waals surface area contributed by atoms with Crippen LogP contribution in [0.1, 0.15) is 30.6 Å². The van der Waals surface area contributed by atoms with Gasteiger partial charge in [0, 0.05) is 12.3 Å². The third-order valence-corrected chi connectivity index (χ3v) is 2.59. The average Bonchev–Trinajstić information content (AvgIpc) is 2.29. The second-order valence-corrected chi connectivity index (χ2v) is 3.97. The Kier molecular flexibility index (Phi) is 3.84. The fourth-order valence-corrected chi connectivity index (χ4v) is 1.14. The molecule has 0 aromatic carbocycles. The third-order valence-electron chi connectivity index (χ3n) is 2.59. The molecule has 16 heavy (non-hydrogen) atoms. The van der Waals surface area contributed by atoms with Gasteiger partial charge in [0.05, 0.1) is 17.7 Å². The van der Waals surface area contributed by atoms with Crippen LogP contribution in [0.3, 0.4) is 0 Å². The molecule has 5 nitrogen and oxygen atoms in total. The van der Waals surface area contributed by atoms with Gasteiger partial charge >= 0.3 is 0 Å². The maximum Gasteiger partial charge on any atom is 0.253 e. The van der Waals surface area contributed by atoms with Crippen molar-refractivity contribution in [1.29, 1.82) is 0 Å². The van der Waals surface area contributed by atoms with Gasteiger partial charge in [-0.25, -0.2) is 0 Å². The van der Waals surface area contributed by atoms with Crippen molar-refractivity contribution in [3.8, 4) is 0 Å². The lowest BCUT2D eigenvalue weighted by Gasteiger charge is -2.27. The Hall–Kier alpha value is -1.62. The Labute approximate surface area is 93.5 Å². The van der Waals surface area contributed by atoms with Crippen LogP contribution in [-0.4, -0.2) is 28.1 Å². The first-order valence-electron chi connectivity index (χ1n) is 5.13. The molecule has 1 heterocycles. The lowest BCUT2D eigenvalue weighted by molar-refractivity contribution is 0.0847. The molecule has 88 valence electrons. The topological polar surface area (TPSA) is 82.2 Å². The molecular formula is C11H16N2O3. The first-order chi connectivity index (χ1) is 7.50. The van der Waals surface area contributed by atoms with Crippen molar-refractivity contribution >= 4 is 5.91 Å². The molecule has 0 radical (unpaired) electrons. The van der Waals surface area contributed by atoms with E-state index in [4.69, 9.17) is 5.11 Å². The number of aliphatic hydroxyl groups excluding tert-OH is 1. The molecule has 0 aliphatic carbocycles. The summed E-state index contributed by atoms with van der Waals surface area (Å²) < 4.78 is 0. The van der Waals surface area contributed by atoms with Crippen LogP contribution in [0, 0.1) is 0 Å². The normalized spacial score (nSPS) is 14.2. The number of H-pyrrole nitrogens is 1. The lowest BCUT2D eigenvalue weighted by atomic mass is 10.00. The zero-order valence-corrected chi connectivity index (χ0v) is 9.41. The molecule has 0 spiro atoms. The Balaban J connectivity index is 2.80. The van der Waals surface area contributed by atoms with Crippen molar-refractivity contribution < 1.29 is 9.90 Å². The highest BCUT2D eigenvalue weighted by Gasteiger charge is 2.23. The van der Waals surface area contributed by atoms with E-state index in [0.717, 1.165) is 0 Å². The van der Waals surface area contributed by atoms with Crippen molar-refractivity contribution in [2.45, 2.75) is 25.8 Å². The van der Waals surface area contributed by atoms with E-state index in [9.17, 15) is 9.59 Å². The maximum absolute atomic E-state index is 11.7. The van der Waals surface area contributed by atoms with Gasteiger partial charge in [0.1, 0.15) is 0 Å². The van der Waals surface area contributed by atoms with E-state index >= 15 is 0 Å². The van der Waals surface area contributed by atoms with Gasteiger partial charge in [0.2, 0.25) is 5.56 Å². The smallest absolute Gasteiger partial charge is 0.253 e. The number of aromatic nitrogens is 1. The maximum atomic E-state index is 11.7. The van der Waals surface area contributed by atoms with Gasteiger partial charge in [0.15, 0.2) is 0 Å². The molecule has 0 aliphatic rings. The minimum Gasteiger partial charge on any atom is -0.394 e. The third kappa shape index (κ3) is 2.93. The second kappa shape index (κ2) is 4.94. The zero-order valence-electron chi connectivity index (χ0n) is 9.41. The highest BCUT2D eigenvalue weighted by molar-refractivity contribution is 5.94. The van der Waals surface area contributed by atoms with Crippen LogP contribution >= 0.6 is 0 Å². The summed E-state index contributed by atoms with van der Waals surface area (Å²) in [6.07, 6.45) is 1.98. The molecule has 0 saturated carbocycles. The molecule has 1 unspecified atom stereocenters. The van der Waals surface area contributed by atoms with Crippen molar-refractivity contribution in [3.63, 3.8) is 0 Å². The van der Waals surface area contributed by atoms with Crippen LogP contribution in [0.5, 0.6) is 0 Å². The summed E-state index contributed by atoms with van der Waals surface area (Å²) in [6, 6.07) is 2.73. The van der Waals surface area contributed by atoms with Crippen molar-refractivity contribution in [2.24, 2.45) is 0 Å². The molecule has 5 heteroatoms. The molecule has 0 aliphatic heterocycles. The summed E-state index contributed by atoms with van der Waals surface area (Å²) in [5, 5.41) is 11.9. The number of carbonyl (C=O) groups excluding carboxylic acids is 1. The number of nitrogens with one attached hydrogen (secondary N) is 2. The number of hydrogen-bond donors (Lipinski definition) is 3. The van der Waals surface area contributed by atoms with Crippen LogP contribution in [-0.2, 0) is 0 Å². The van der Waals surface area contributed by atoms with Crippen molar-refractivity contribution in [3.05, 3.63) is 34.2 Å². The van der Waals surface area contributed by atoms with Crippen molar-refractivity contribution in [1.82, 2.24) is 10.3 Å². The number of aliphatic hydroxyl groups is 1. The molecule has 1 atom stereocenters. The molecule has 0 bridgehead atoms. The second-order valence-electron chi connectivity index (χ2n) is 3.97. The summed E-state index contributed by atoms with van der Waals surface area (Å²) in [6.45, 7) is 3.51. The van der Waals surface area contributed by atoms with Gasteiger partial charge < -0.3 is 15.4 Å². The Morgan fingerprint density at radius 1 is 1.56 bits per heavy atom.